The Labute approximate surface area is 130 Å². The number of H-pyrrole nitrogens is 1. The molecule has 0 aliphatic carbocycles. The van der Waals surface area contributed by atoms with E-state index in [4.69, 9.17) is 8.83 Å². The summed E-state index contributed by atoms with van der Waals surface area (Å²) >= 11 is 0. The number of rotatable bonds is 4. The lowest BCUT2D eigenvalue weighted by molar-refractivity contribution is 0.110. The highest BCUT2D eigenvalue weighted by atomic mass is 16.3. The maximum atomic E-state index is 10.7. The predicted molar refractivity (Wildman–Crippen MR) is 82.6 cm³/mol. The molecule has 0 atom stereocenters. The van der Waals surface area contributed by atoms with Gasteiger partial charge in [-0.1, -0.05) is 24.3 Å². The highest BCUT2D eigenvalue weighted by Gasteiger charge is 2.10. The number of furan rings is 2. The van der Waals surface area contributed by atoms with Gasteiger partial charge in [0.1, 0.15) is 5.76 Å². The molecule has 112 valence electrons. The van der Waals surface area contributed by atoms with Crippen molar-refractivity contribution in [3.8, 4) is 34.3 Å². The molecule has 4 rings (SSSR count). The minimum Gasteiger partial charge on any atom is -0.461 e. The summed E-state index contributed by atoms with van der Waals surface area (Å²) in [6, 6.07) is 14.6. The van der Waals surface area contributed by atoms with Crippen molar-refractivity contribution in [1.82, 2.24) is 15.2 Å². The van der Waals surface area contributed by atoms with E-state index in [1.54, 1.807) is 24.5 Å². The lowest BCUT2D eigenvalue weighted by Gasteiger charge is -1.98. The van der Waals surface area contributed by atoms with Crippen molar-refractivity contribution in [3.63, 3.8) is 0 Å². The van der Waals surface area contributed by atoms with Crippen LogP contribution in [0.15, 0.2) is 63.6 Å². The molecule has 0 aliphatic heterocycles. The second-order valence-corrected chi connectivity index (χ2v) is 4.88. The normalized spacial score (nSPS) is 10.8. The van der Waals surface area contributed by atoms with Gasteiger partial charge in [-0.25, -0.2) is 4.98 Å². The summed E-state index contributed by atoms with van der Waals surface area (Å²) in [4.78, 5) is 15.1. The molecule has 6 nitrogen and oxygen atoms in total. The van der Waals surface area contributed by atoms with Crippen LogP contribution < -0.4 is 0 Å². The van der Waals surface area contributed by atoms with Gasteiger partial charge < -0.3 is 8.83 Å². The minimum absolute atomic E-state index is 0.307. The molecule has 3 heterocycles. The van der Waals surface area contributed by atoms with Crippen LogP contribution in [0.1, 0.15) is 10.6 Å². The molecule has 0 saturated heterocycles. The number of aldehydes is 1. The van der Waals surface area contributed by atoms with Gasteiger partial charge in [-0.3, -0.25) is 9.89 Å². The second-order valence-electron chi connectivity index (χ2n) is 4.88. The van der Waals surface area contributed by atoms with Crippen LogP contribution in [0.4, 0.5) is 0 Å². The Balaban J connectivity index is 1.62. The number of hydrogen-bond donors (Lipinski definition) is 1. The number of carbonyl (C=O) groups is 1. The van der Waals surface area contributed by atoms with E-state index in [2.05, 4.69) is 15.2 Å². The van der Waals surface area contributed by atoms with Crippen molar-refractivity contribution in [3.05, 3.63) is 60.6 Å². The first-order valence-corrected chi connectivity index (χ1v) is 6.95. The molecular formula is C17H11N3O3. The Morgan fingerprint density at radius 3 is 2.48 bits per heavy atom. The second kappa shape index (κ2) is 5.42. The quantitative estimate of drug-likeness (QED) is 0.579. The van der Waals surface area contributed by atoms with Crippen molar-refractivity contribution < 1.29 is 13.6 Å². The third-order valence-corrected chi connectivity index (χ3v) is 3.41. The Bertz CT molecular complexity index is 934. The predicted octanol–water partition coefficient (Wildman–Crippen LogP) is 3.80. The molecule has 4 aromatic rings. The molecule has 0 amide bonds. The first-order chi connectivity index (χ1) is 11.3. The van der Waals surface area contributed by atoms with Crippen LogP contribution in [0.5, 0.6) is 0 Å². The monoisotopic (exact) mass is 305 g/mol. The average Bonchev–Trinajstić information content (AvgIpc) is 3.34. The van der Waals surface area contributed by atoms with Gasteiger partial charge in [-0.2, -0.15) is 5.10 Å². The van der Waals surface area contributed by atoms with E-state index in [-0.39, 0.29) is 0 Å². The van der Waals surface area contributed by atoms with Gasteiger partial charge in [0.15, 0.2) is 29.5 Å². The van der Waals surface area contributed by atoms with Gasteiger partial charge in [-0.15, -0.1) is 0 Å². The van der Waals surface area contributed by atoms with Gasteiger partial charge in [0.2, 0.25) is 0 Å². The summed E-state index contributed by atoms with van der Waals surface area (Å²) in [5.41, 5.74) is 1.74. The van der Waals surface area contributed by atoms with E-state index in [1.165, 1.54) is 0 Å². The average molecular weight is 305 g/mol. The number of nitrogens with one attached hydrogen (secondary N) is 1. The van der Waals surface area contributed by atoms with Crippen LogP contribution in [0.3, 0.4) is 0 Å². The van der Waals surface area contributed by atoms with Crippen LogP contribution in [0.2, 0.25) is 0 Å². The van der Waals surface area contributed by atoms with Gasteiger partial charge in [0.05, 0.1) is 6.26 Å². The molecule has 3 aromatic heterocycles. The third kappa shape index (κ3) is 2.46. The van der Waals surface area contributed by atoms with Crippen LogP contribution in [-0.4, -0.2) is 21.5 Å². The molecule has 6 heteroatoms. The molecule has 0 fully saturated rings. The fourth-order valence-corrected chi connectivity index (χ4v) is 2.27. The number of benzene rings is 1. The van der Waals surface area contributed by atoms with Crippen molar-refractivity contribution in [2.45, 2.75) is 0 Å². The van der Waals surface area contributed by atoms with Crippen LogP contribution >= 0.6 is 0 Å². The molecule has 0 radical (unpaired) electrons. The standard InChI is InChI=1S/C17H11N3O3/c21-10-13-7-8-14(23-13)11-3-5-12(6-4-11)16-18-17(20-19-16)15-2-1-9-22-15/h1-10H,(H,18,19,20). The number of hydrogen-bond acceptors (Lipinski definition) is 5. The van der Waals surface area contributed by atoms with E-state index < -0.39 is 0 Å². The summed E-state index contributed by atoms with van der Waals surface area (Å²) in [7, 11) is 0. The van der Waals surface area contributed by atoms with Crippen molar-refractivity contribution in [1.29, 1.82) is 0 Å². The Morgan fingerprint density at radius 1 is 0.957 bits per heavy atom. The molecule has 0 aliphatic rings. The van der Waals surface area contributed by atoms with E-state index in [1.807, 2.05) is 30.3 Å². The smallest absolute Gasteiger partial charge is 0.192 e. The van der Waals surface area contributed by atoms with Gasteiger partial charge in [0.25, 0.3) is 0 Å². The largest absolute Gasteiger partial charge is 0.461 e. The number of carbonyl (C=O) groups excluding carboxylic acids is 1. The first-order valence-electron chi connectivity index (χ1n) is 6.95. The summed E-state index contributed by atoms with van der Waals surface area (Å²) in [5, 5.41) is 7.05. The zero-order valence-corrected chi connectivity index (χ0v) is 11.9. The van der Waals surface area contributed by atoms with Crippen LogP contribution in [0.25, 0.3) is 34.3 Å². The number of nitrogens with zero attached hydrogens (tertiary/aromatic N) is 2. The summed E-state index contributed by atoms with van der Waals surface area (Å²) in [6.07, 6.45) is 2.27. The maximum Gasteiger partial charge on any atom is 0.192 e. The lowest BCUT2D eigenvalue weighted by Crippen LogP contribution is -1.81. The van der Waals surface area contributed by atoms with Crippen LogP contribution in [0, 0.1) is 0 Å². The van der Waals surface area contributed by atoms with E-state index in [0.717, 1.165) is 11.1 Å². The van der Waals surface area contributed by atoms with E-state index in [9.17, 15) is 4.79 Å². The highest BCUT2D eigenvalue weighted by Crippen LogP contribution is 2.25. The lowest BCUT2D eigenvalue weighted by atomic mass is 10.1. The zero-order valence-electron chi connectivity index (χ0n) is 11.9. The Hall–Kier alpha value is -3.41. The number of aromatic nitrogens is 3. The fourth-order valence-electron chi connectivity index (χ4n) is 2.27. The summed E-state index contributed by atoms with van der Waals surface area (Å²) < 4.78 is 10.7. The molecule has 0 saturated carbocycles. The van der Waals surface area contributed by atoms with Crippen molar-refractivity contribution in [2.75, 3.05) is 0 Å². The molecule has 1 aromatic carbocycles. The van der Waals surface area contributed by atoms with Crippen molar-refractivity contribution >= 4 is 6.29 Å². The molecule has 0 unspecified atom stereocenters. The molecule has 23 heavy (non-hydrogen) atoms. The Kier molecular flexibility index (Phi) is 3.12. The van der Waals surface area contributed by atoms with E-state index >= 15 is 0 Å². The van der Waals surface area contributed by atoms with Crippen molar-refractivity contribution in [2.24, 2.45) is 0 Å². The molecule has 0 bridgehead atoms. The Morgan fingerprint density at radius 2 is 1.78 bits per heavy atom. The molecule has 0 spiro atoms. The topological polar surface area (TPSA) is 84.9 Å². The third-order valence-electron chi connectivity index (χ3n) is 3.41. The first kappa shape index (κ1) is 13.3. The van der Waals surface area contributed by atoms with E-state index in [0.29, 0.717) is 35.2 Å². The van der Waals surface area contributed by atoms with Crippen LogP contribution in [-0.2, 0) is 0 Å². The van der Waals surface area contributed by atoms with Gasteiger partial charge in [-0.05, 0) is 24.3 Å². The van der Waals surface area contributed by atoms with Gasteiger partial charge in [0, 0.05) is 11.1 Å². The maximum absolute atomic E-state index is 10.7. The highest BCUT2D eigenvalue weighted by molar-refractivity contribution is 5.73. The molecule has 1 N–H and O–H groups in total. The summed E-state index contributed by atoms with van der Waals surface area (Å²) in [5.74, 6) is 2.75. The summed E-state index contributed by atoms with van der Waals surface area (Å²) in [6.45, 7) is 0. The zero-order chi connectivity index (χ0) is 15.6. The minimum atomic E-state index is 0.307. The molecular weight excluding hydrogens is 294 g/mol. The van der Waals surface area contributed by atoms with Gasteiger partial charge >= 0.3 is 0 Å². The fraction of sp³-hybridized carbons (Fsp3) is 0. The number of aromatic amines is 1. The SMILES string of the molecule is O=Cc1ccc(-c2ccc(-c3n[nH]c(-c4ccco4)n3)cc2)o1.